The molecule has 0 aliphatic carbocycles. The highest BCUT2D eigenvalue weighted by molar-refractivity contribution is 5.79. The van der Waals surface area contributed by atoms with Gasteiger partial charge in [-0.05, 0) is 31.2 Å². The van der Waals surface area contributed by atoms with Crippen LogP contribution < -0.4 is 10.6 Å². The third kappa shape index (κ3) is 7.10. The van der Waals surface area contributed by atoms with Crippen molar-refractivity contribution >= 4 is 5.96 Å². The van der Waals surface area contributed by atoms with Gasteiger partial charge in [-0.15, -0.1) is 0 Å². The van der Waals surface area contributed by atoms with Crippen molar-refractivity contribution in [2.75, 3.05) is 53.5 Å². The number of guanidine groups is 1. The molecule has 118 valence electrons. The van der Waals surface area contributed by atoms with E-state index in [9.17, 15) is 0 Å². The van der Waals surface area contributed by atoms with Crippen LogP contribution in [-0.2, 0) is 4.74 Å². The highest BCUT2D eigenvalue weighted by atomic mass is 16.5. The van der Waals surface area contributed by atoms with Crippen LogP contribution in [0.1, 0.15) is 26.7 Å². The Kier molecular flexibility index (Phi) is 8.62. The summed E-state index contributed by atoms with van der Waals surface area (Å²) in [5, 5.41) is 6.68. The maximum Gasteiger partial charge on any atom is 0.191 e. The molecule has 0 aromatic carbocycles. The number of rotatable bonds is 7. The normalized spacial score (nSPS) is 21.2. The van der Waals surface area contributed by atoms with E-state index in [1.807, 2.05) is 7.05 Å². The summed E-state index contributed by atoms with van der Waals surface area (Å²) in [6.45, 7) is 10.8. The van der Waals surface area contributed by atoms with Gasteiger partial charge in [0.1, 0.15) is 0 Å². The Hall–Kier alpha value is -0.810. The van der Waals surface area contributed by atoms with Gasteiger partial charge in [-0.1, -0.05) is 13.8 Å². The molecule has 0 amide bonds. The molecule has 1 aliphatic heterocycles. The molecule has 5 nitrogen and oxygen atoms in total. The van der Waals surface area contributed by atoms with Crippen LogP contribution in [0.15, 0.2) is 4.99 Å². The molecule has 1 rings (SSSR count). The van der Waals surface area contributed by atoms with Gasteiger partial charge in [0.15, 0.2) is 5.96 Å². The molecule has 20 heavy (non-hydrogen) atoms. The number of methoxy groups -OCH3 is 1. The molecule has 2 N–H and O–H groups in total. The Morgan fingerprint density at radius 2 is 2.20 bits per heavy atom. The minimum absolute atomic E-state index is 0.701. The van der Waals surface area contributed by atoms with E-state index in [-0.39, 0.29) is 0 Å². The van der Waals surface area contributed by atoms with E-state index in [1.165, 1.54) is 32.5 Å². The Balaban J connectivity index is 2.25. The van der Waals surface area contributed by atoms with Gasteiger partial charge in [-0.3, -0.25) is 4.99 Å². The highest BCUT2D eigenvalue weighted by Gasteiger charge is 2.20. The van der Waals surface area contributed by atoms with Gasteiger partial charge in [0, 0.05) is 40.3 Å². The molecule has 1 heterocycles. The molecule has 0 aromatic rings. The van der Waals surface area contributed by atoms with Gasteiger partial charge in [0.2, 0.25) is 0 Å². The van der Waals surface area contributed by atoms with Crippen molar-refractivity contribution in [1.29, 1.82) is 0 Å². The number of hydrogen-bond acceptors (Lipinski definition) is 3. The predicted molar refractivity (Wildman–Crippen MR) is 85.2 cm³/mol. The number of nitrogens with zero attached hydrogens (tertiary/aromatic N) is 2. The molecule has 0 aromatic heterocycles. The third-order valence-electron chi connectivity index (χ3n) is 3.61. The second kappa shape index (κ2) is 10.00. The fraction of sp³-hybridized carbons (Fsp3) is 0.933. The van der Waals surface area contributed by atoms with Crippen molar-refractivity contribution in [2.45, 2.75) is 26.7 Å². The van der Waals surface area contributed by atoms with Crippen LogP contribution in [0.4, 0.5) is 0 Å². The molecule has 0 saturated carbocycles. The fourth-order valence-electron chi connectivity index (χ4n) is 2.73. The monoisotopic (exact) mass is 284 g/mol. The molecule has 1 atom stereocenters. The van der Waals surface area contributed by atoms with E-state index in [0.29, 0.717) is 6.61 Å². The number of aliphatic imine (C=N–C) groups is 1. The minimum Gasteiger partial charge on any atom is -0.383 e. The van der Waals surface area contributed by atoms with Gasteiger partial charge < -0.3 is 20.3 Å². The van der Waals surface area contributed by atoms with Crippen molar-refractivity contribution < 1.29 is 4.74 Å². The molecule has 1 aliphatic rings. The molecule has 1 saturated heterocycles. The fourth-order valence-corrected chi connectivity index (χ4v) is 2.73. The van der Waals surface area contributed by atoms with Gasteiger partial charge in [-0.25, -0.2) is 0 Å². The van der Waals surface area contributed by atoms with Gasteiger partial charge >= 0.3 is 0 Å². The number of hydrogen-bond donors (Lipinski definition) is 2. The average molecular weight is 284 g/mol. The van der Waals surface area contributed by atoms with Crippen molar-refractivity contribution in [3.05, 3.63) is 0 Å². The summed E-state index contributed by atoms with van der Waals surface area (Å²) in [4.78, 5) is 6.84. The van der Waals surface area contributed by atoms with E-state index in [0.717, 1.165) is 30.9 Å². The molecular weight excluding hydrogens is 252 g/mol. The Labute approximate surface area is 124 Å². The van der Waals surface area contributed by atoms with Crippen molar-refractivity contribution in [3.8, 4) is 0 Å². The molecule has 5 heteroatoms. The first-order valence-electron chi connectivity index (χ1n) is 7.81. The lowest BCUT2D eigenvalue weighted by molar-refractivity contribution is 0.159. The van der Waals surface area contributed by atoms with Gasteiger partial charge in [0.25, 0.3) is 0 Å². The molecule has 0 spiro atoms. The van der Waals surface area contributed by atoms with Crippen LogP contribution in [0.2, 0.25) is 0 Å². The summed E-state index contributed by atoms with van der Waals surface area (Å²) in [6.07, 6.45) is 2.63. The molecule has 1 unspecified atom stereocenters. The Morgan fingerprint density at radius 3 is 2.85 bits per heavy atom. The maximum atomic E-state index is 5.03. The highest BCUT2D eigenvalue weighted by Crippen LogP contribution is 2.16. The number of likely N-dealkylation sites (tertiary alicyclic amines) is 1. The van der Waals surface area contributed by atoms with Crippen LogP contribution in [0, 0.1) is 11.8 Å². The molecule has 0 radical (unpaired) electrons. The van der Waals surface area contributed by atoms with Crippen molar-refractivity contribution in [2.24, 2.45) is 16.8 Å². The lowest BCUT2D eigenvalue weighted by Crippen LogP contribution is -2.45. The van der Waals surface area contributed by atoms with Gasteiger partial charge in [0.05, 0.1) is 6.61 Å². The SMILES string of the molecule is CN=C(NCCOC)NCC1CCCN(CC(C)C)C1. The van der Waals surface area contributed by atoms with Crippen molar-refractivity contribution in [3.63, 3.8) is 0 Å². The summed E-state index contributed by atoms with van der Waals surface area (Å²) in [5.74, 6) is 2.36. The number of ether oxygens (including phenoxy) is 1. The second-order valence-electron chi connectivity index (χ2n) is 6.03. The van der Waals surface area contributed by atoms with Crippen LogP contribution in [0.25, 0.3) is 0 Å². The van der Waals surface area contributed by atoms with Crippen molar-refractivity contribution in [1.82, 2.24) is 15.5 Å². The predicted octanol–water partition coefficient (Wildman–Crippen LogP) is 1.17. The standard InChI is InChI=1S/C15H32N4O/c1-13(2)11-19-8-5-6-14(12-19)10-18-15(16-3)17-7-9-20-4/h13-14H,5-12H2,1-4H3,(H2,16,17,18). The average Bonchev–Trinajstić information content (AvgIpc) is 2.42. The van der Waals surface area contributed by atoms with E-state index >= 15 is 0 Å². The Morgan fingerprint density at radius 1 is 1.40 bits per heavy atom. The molecule has 1 fully saturated rings. The summed E-state index contributed by atoms with van der Waals surface area (Å²) >= 11 is 0. The number of piperidine rings is 1. The van der Waals surface area contributed by atoms with E-state index < -0.39 is 0 Å². The zero-order valence-corrected chi connectivity index (χ0v) is 13.6. The molecule has 0 bridgehead atoms. The summed E-state index contributed by atoms with van der Waals surface area (Å²) in [7, 11) is 3.53. The lowest BCUT2D eigenvalue weighted by atomic mass is 9.97. The van der Waals surface area contributed by atoms with Gasteiger partial charge in [-0.2, -0.15) is 0 Å². The van der Waals surface area contributed by atoms with Crippen LogP contribution in [-0.4, -0.2) is 64.3 Å². The first-order valence-corrected chi connectivity index (χ1v) is 7.81. The van der Waals surface area contributed by atoms with E-state index in [2.05, 4.69) is 34.4 Å². The topological polar surface area (TPSA) is 48.9 Å². The first-order chi connectivity index (χ1) is 9.65. The lowest BCUT2D eigenvalue weighted by Gasteiger charge is -2.34. The van der Waals surface area contributed by atoms with Crippen LogP contribution >= 0.6 is 0 Å². The zero-order valence-electron chi connectivity index (χ0n) is 13.6. The smallest absolute Gasteiger partial charge is 0.191 e. The summed E-state index contributed by atoms with van der Waals surface area (Å²) < 4.78 is 5.03. The largest absolute Gasteiger partial charge is 0.383 e. The third-order valence-corrected chi connectivity index (χ3v) is 3.61. The summed E-state index contributed by atoms with van der Waals surface area (Å²) in [5.41, 5.74) is 0. The second-order valence-corrected chi connectivity index (χ2v) is 6.03. The Bertz CT molecular complexity index is 281. The van der Waals surface area contributed by atoms with E-state index in [4.69, 9.17) is 4.74 Å². The quantitative estimate of drug-likeness (QED) is 0.418. The maximum absolute atomic E-state index is 5.03. The molecular formula is C15H32N4O. The zero-order chi connectivity index (χ0) is 14.8. The summed E-state index contributed by atoms with van der Waals surface area (Å²) in [6, 6.07) is 0. The first kappa shape index (κ1) is 17.2. The number of nitrogens with one attached hydrogen (secondary N) is 2. The van der Waals surface area contributed by atoms with Crippen LogP contribution in [0.5, 0.6) is 0 Å². The minimum atomic E-state index is 0.701. The van der Waals surface area contributed by atoms with Crippen LogP contribution in [0.3, 0.4) is 0 Å². The van der Waals surface area contributed by atoms with E-state index in [1.54, 1.807) is 7.11 Å².